The number of rotatable bonds is 5. The third-order valence-corrected chi connectivity index (χ3v) is 12.1. The maximum absolute atomic E-state index is 5.26. The van der Waals surface area contributed by atoms with E-state index in [0.717, 1.165) is 17.0 Å². The molecular formula is C45H29N3S2. The van der Waals surface area contributed by atoms with Crippen molar-refractivity contribution in [1.29, 1.82) is 0 Å². The fraction of sp³-hybridized carbons (Fsp3) is 0.0444. The van der Waals surface area contributed by atoms with Gasteiger partial charge in [-0.3, -0.25) is 0 Å². The number of benzene rings is 6. The summed E-state index contributed by atoms with van der Waals surface area (Å²) in [4.78, 5) is 15.5. The summed E-state index contributed by atoms with van der Waals surface area (Å²) < 4.78 is 5.22. The van der Waals surface area contributed by atoms with Crippen LogP contribution < -0.4 is 0 Å². The molecule has 3 nitrogen and oxygen atoms in total. The Hall–Kier alpha value is -5.75. The minimum Gasteiger partial charge on any atom is -0.212 e. The Labute approximate surface area is 297 Å². The second kappa shape index (κ2) is 12.0. The zero-order valence-electron chi connectivity index (χ0n) is 26.9. The monoisotopic (exact) mass is 675 g/mol. The Bertz CT molecular complexity index is 2720. The van der Waals surface area contributed by atoms with Gasteiger partial charge >= 0.3 is 0 Å². The first-order valence-electron chi connectivity index (χ1n) is 16.9. The first-order valence-corrected chi connectivity index (χ1v) is 18.5. The molecule has 0 bridgehead atoms. The summed E-state index contributed by atoms with van der Waals surface area (Å²) in [5.41, 5.74) is 5.63. The molecular weight excluding hydrogens is 647 g/mol. The third-order valence-electron chi connectivity index (χ3n) is 9.75. The van der Waals surface area contributed by atoms with Crippen molar-refractivity contribution >= 4 is 68.6 Å². The summed E-state index contributed by atoms with van der Waals surface area (Å²) in [5, 5.41) is 5.21. The highest BCUT2D eigenvalue weighted by Crippen LogP contribution is 2.45. The molecule has 9 aromatic rings. The zero-order chi connectivity index (χ0) is 33.0. The lowest BCUT2D eigenvalue weighted by atomic mass is 9.79. The fourth-order valence-corrected chi connectivity index (χ4v) is 9.70. The van der Waals surface area contributed by atoms with E-state index in [-0.39, 0.29) is 11.8 Å². The van der Waals surface area contributed by atoms with Gasteiger partial charge in [0.05, 0.1) is 0 Å². The van der Waals surface area contributed by atoms with Gasteiger partial charge in [0.15, 0.2) is 11.6 Å². The average Bonchev–Trinajstić information content (AvgIpc) is 3.76. The lowest BCUT2D eigenvalue weighted by molar-refractivity contribution is 0.681. The summed E-state index contributed by atoms with van der Waals surface area (Å²) >= 11 is 3.72. The van der Waals surface area contributed by atoms with Crippen LogP contribution in [-0.2, 0) is 0 Å². The second-order valence-electron chi connectivity index (χ2n) is 12.7. The molecule has 6 aromatic carbocycles. The number of hydrogen-bond acceptors (Lipinski definition) is 5. The lowest BCUT2D eigenvalue weighted by Gasteiger charge is -2.27. The zero-order valence-corrected chi connectivity index (χ0v) is 28.5. The van der Waals surface area contributed by atoms with Crippen molar-refractivity contribution < 1.29 is 0 Å². The molecule has 0 N–H and O–H groups in total. The van der Waals surface area contributed by atoms with Crippen molar-refractivity contribution in [2.24, 2.45) is 0 Å². The highest BCUT2D eigenvalue weighted by molar-refractivity contribution is 7.26. The van der Waals surface area contributed by atoms with E-state index >= 15 is 0 Å². The van der Waals surface area contributed by atoms with Gasteiger partial charge in [-0.25, -0.2) is 15.0 Å². The predicted octanol–water partition coefficient (Wildman–Crippen LogP) is 12.5. The number of fused-ring (bicyclic) bond motifs is 6. The molecule has 10 rings (SSSR count). The van der Waals surface area contributed by atoms with Gasteiger partial charge in [0.1, 0.15) is 5.82 Å². The fourth-order valence-electron chi connectivity index (χ4n) is 7.31. The molecule has 0 fully saturated rings. The molecule has 1 aliphatic carbocycles. The summed E-state index contributed by atoms with van der Waals surface area (Å²) in [5.74, 6) is 2.04. The van der Waals surface area contributed by atoms with E-state index in [1.807, 2.05) is 59.1 Å². The van der Waals surface area contributed by atoms with Crippen molar-refractivity contribution in [3.05, 3.63) is 181 Å². The molecule has 0 spiro atoms. The van der Waals surface area contributed by atoms with Crippen LogP contribution in [0, 0.1) is 0 Å². The summed E-state index contributed by atoms with van der Waals surface area (Å²) in [6, 6.07) is 51.6. The summed E-state index contributed by atoms with van der Waals surface area (Å²) in [7, 11) is 0. The first kappa shape index (κ1) is 29.2. The average molecular weight is 676 g/mol. The molecule has 0 saturated carbocycles. The van der Waals surface area contributed by atoms with Gasteiger partial charge in [-0.1, -0.05) is 146 Å². The van der Waals surface area contributed by atoms with Crippen LogP contribution in [-0.4, -0.2) is 15.0 Å². The van der Waals surface area contributed by atoms with Crippen molar-refractivity contribution in [1.82, 2.24) is 15.0 Å². The maximum atomic E-state index is 5.26. The summed E-state index contributed by atoms with van der Waals surface area (Å²) in [6.45, 7) is 0. The third kappa shape index (κ3) is 4.97. The van der Waals surface area contributed by atoms with Crippen LogP contribution in [0.25, 0.3) is 68.7 Å². The predicted molar refractivity (Wildman–Crippen MR) is 212 cm³/mol. The van der Waals surface area contributed by atoms with Crippen molar-refractivity contribution in [3.63, 3.8) is 0 Å². The van der Waals surface area contributed by atoms with E-state index in [2.05, 4.69) is 127 Å². The minimum atomic E-state index is -0.126. The SMILES string of the molecule is C1=CC(c2ccc3c(c2)sc2ccccc23)C(c2nc(-c3ccccc3)nc(-c3ccccc3)n2)C=C1c1cccc2c1sc1ccccc12. The molecule has 0 radical (unpaired) electrons. The molecule has 50 heavy (non-hydrogen) atoms. The van der Waals surface area contributed by atoms with Crippen LogP contribution in [0.3, 0.4) is 0 Å². The molecule has 0 saturated heterocycles. The Morgan fingerprint density at radius 1 is 0.460 bits per heavy atom. The highest BCUT2D eigenvalue weighted by atomic mass is 32.1. The number of thiophene rings is 2. The van der Waals surface area contributed by atoms with Gasteiger partial charge in [0.2, 0.25) is 0 Å². The number of aromatic nitrogens is 3. The van der Waals surface area contributed by atoms with Crippen LogP contribution in [0.2, 0.25) is 0 Å². The quantitative estimate of drug-likeness (QED) is 0.182. The van der Waals surface area contributed by atoms with Crippen molar-refractivity contribution in [2.45, 2.75) is 11.8 Å². The molecule has 5 heteroatoms. The number of nitrogens with zero attached hydrogens (tertiary/aromatic N) is 3. The first-order chi connectivity index (χ1) is 24.8. The Kier molecular flexibility index (Phi) is 7.00. The van der Waals surface area contributed by atoms with Crippen LogP contribution in [0.5, 0.6) is 0 Å². The van der Waals surface area contributed by atoms with E-state index in [1.54, 1.807) is 0 Å². The van der Waals surface area contributed by atoms with E-state index in [4.69, 9.17) is 15.0 Å². The number of hydrogen-bond donors (Lipinski definition) is 0. The maximum Gasteiger partial charge on any atom is 0.163 e. The Balaban J connectivity index is 1.18. The smallest absolute Gasteiger partial charge is 0.163 e. The van der Waals surface area contributed by atoms with Gasteiger partial charge in [-0.15, -0.1) is 22.7 Å². The molecule has 2 unspecified atom stereocenters. The molecule has 1 aliphatic rings. The Morgan fingerprint density at radius 3 is 1.78 bits per heavy atom. The van der Waals surface area contributed by atoms with Gasteiger partial charge in [-0.05, 0) is 34.9 Å². The van der Waals surface area contributed by atoms with Gasteiger partial charge in [0, 0.05) is 63.3 Å². The van der Waals surface area contributed by atoms with Crippen LogP contribution >= 0.6 is 22.7 Å². The van der Waals surface area contributed by atoms with E-state index in [1.165, 1.54) is 57.0 Å². The van der Waals surface area contributed by atoms with Gasteiger partial charge < -0.3 is 0 Å². The second-order valence-corrected chi connectivity index (χ2v) is 14.9. The molecule has 3 heterocycles. The molecule has 2 atom stereocenters. The van der Waals surface area contributed by atoms with Crippen molar-refractivity contribution in [3.8, 4) is 22.8 Å². The summed E-state index contributed by atoms with van der Waals surface area (Å²) in [6.07, 6.45) is 7.08. The van der Waals surface area contributed by atoms with Gasteiger partial charge in [-0.2, -0.15) is 0 Å². The topological polar surface area (TPSA) is 38.7 Å². The molecule has 0 aliphatic heterocycles. The largest absolute Gasteiger partial charge is 0.212 e. The minimum absolute atomic E-state index is 0.0321. The lowest BCUT2D eigenvalue weighted by Crippen LogP contribution is -2.16. The van der Waals surface area contributed by atoms with Crippen LogP contribution in [0.15, 0.2) is 164 Å². The van der Waals surface area contributed by atoms with Crippen LogP contribution in [0.4, 0.5) is 0 Å². The standard InChI is InChI=1S/C45H29N3S2/c1-3-12-28(13-4-1)43-46-44(29-14-5-2-6-15-29)48-45(47-43)38-26-30(33-18-11-19-37-35-17-8-10-21-40(35)50-42(33)37)22-24-32(38)31-23-25-36-34-16-7-9-20-39(34)49-41(36)27-31/h1-27,32,38H. The number of allylic oxidation sites excluding steroid dienone is 4. The van der Waals surface area contributed by atoms with E-state index in [0.29, 0.717) is 11.6 Å². The van der Waals surface area contributed by atoms with Crippen LogP contribution in [0.1, 0.15) is 28.8 Å². The molecule has 3 aromatic heterocycles. The van der Waals surface area contributed by atoms with E-state index < -0.39 is 0 Å². The van der Waals surface area contributed by atoms with E-state index in [9.17, 15) is 0 Å². The van der Waals surface area contributed by atoms with Crippen molar-refractivity contribution in [2.75, 3.05) is 0 Å². The molecule has 0 amide bonds. The van der Waals surface area contributed by atoms with Gasteiger partial charge in [0.25, 0.3) is 0 Å². The molecule has 236 valence electrons. The Morgan fingerprint density at radius 2 is 1.06 bits per heavy atom. The normalized spacial score (nSPS) is 16.0. The highest BCUT2D eigenvalue weighted by Gasteiger charge is 2.29.